The molecule has 0 spiro atoms. The highest BCUT2D eigenvalue weighted by Gasteiger charge is 2.35. The predicted molar refractivity (Wildman–Crippen MR) is 70.8 cm³/mol. The van der Waals surface area contributed by atoms with Crippen molar-refractivity contribution in [1.29, 1.82) is 0 Å². The normalized spacial score (nSPS) is 19.8. The second-order valence-corrected chi connectivity index (χ2v) is 5.49. The molecule has 1 amide bonds. The summed E-state index contributed by atoms with van der Waals surface area (Å²) >= 11 is 0. The second-order valence-electron chi connectivity index (χ2n) is 5.49. The molecule has 2 aliphatic rings. The fraction of sp³-hybridized carbons (Fsp3) is 0.571. The molecule has 1 aliphatic carbocycles. The molecule has 0 unspecified atom stereocenters. The lowest BCUT2D eigenvalue weighted by atomic mass is 10.2. The third-order valence-corrected chi connectivity index (χ3v) is 3.91. The van der Waals surface area contributed by atoms with Crippen LogP contribution in [-0.2, 0) is 11.0 Å². The fourth-order valence-corrected chi connectivity index (χ4v) is 2.51. The highest BCUT2D eigenvalue weighted by atomic mass is 19.4. The average molecular weight is 299 g/mol. The van der Waals surface area contributed by atoms with Crippen molar-refractivity contribution in [3.05, 3.63) is 23.9 Å². The molecule has 21 heavy (non-hydrogen) atoms. The van der Waals surface area contributed by atoms with E-state index in [4.69, 9.17) is 0 Å². The molecule has 1 aromatic heterocycles. The maximum atomic E-state index is 12.7. The first-order valence-corrected chi connectivity index (χ1v) is 7.02. The van der Waals surface area contributed by atoms with E-state index in [1.54, 1.807) is 4.90 Å². The summed E-state index contributed by atoms with van der Waals surface area (Å²) in [5, 5.41) is 0. The van der Waals surface area contributed by atoms with Gasteiger partial charge in [-0.1, -0.05) is 0 Å². The second kappa shape index (κ2) is 5.20. The van der Waals surface area contributed by atoms with Crippen molar-refractivity contribution >= 4 is 11.7 Å². The number of amides is 1. The molecule has 0 bridgehead atoms. The first-order chi connectivity index (χ1) is 9.95. The molecule has 2 fully saturated rings. The van der Waals surface area contributed by atoms with Crippen LogP contribution in [0.4, 0.5) is 19.0 Å². The first-order valence-electron chi connectivity index (χ1n) is 7.02. The van der Waals surface area contributed by atoms with Crippen molar-refractivity contribution in [2.45, 2.75) is 19.0 Å². The number of hydrogen-bond donors (Lipinski definition) is 0. The molecule has 2 heterocycles. The molecular weight excluding hydrogens is 283 g/mol. The zero-order valence-electron chi connectivity index (χ0n) is 11.4. The van der Waals surface area contributed by atoms with Crippen LogP contribution in [0.5, 0.6) is 0 Å². The molecule has 1 saturated carbocycles. The van der Waals surface area contributed by atoms with Gasteiger partial charge in [-0.25, -0.2) is 4.98 Å². The Morgan fingerprint density at radius 1 is 1.19 bits per heavy atom. The van der Waals surface area contributed by atoms with Crippen LogP contribution in [0, 0.1) is 5.92 Å². The molecule has 0 atom stereocenters. The molecular formula is C14H16F3N3O. The summed E-state index contributed by atoms with van der Waals surface area (Å²) in [6, 6.07) is 2.04. The Labute approximate surface area is 120 Å². The number of carbonyl (C=O) groups excluding carboxylic acids is 1. The lowest BCUT2D eigenvalue weighted by Crippen LogP contribution is -2.49. The van der Waals surface area contributed by atoms with Gasteiger partial charge in [0.15, 0.2) is 0 Å². The van der Waals surface area contributed by atoms with Crippen LogP contribution in [0.25, 0.3) is 0 Å². The molecule has 0 radical (unpaired) electrons. The van der Waals surface area contributed by atoms with E-state index in [-0.39, 0.29) is 11.8 Å². The number of hydrogen-bond acceptors (Lipinski definition) is 3. The van der Waals surface area contributed by atoms with Crippen LogP contribution in [0.15, 0.2) is 18.3 Å². The van der Waals surface area contributed by atoms with Gasteiger partial charge in [-0.05, 0) is 25.0 Å². The van der Waals surface area contributed by atoms with Crippen molar-refractivity contribution in [2.24, 2.45) is 5.92 Å². The van der Waals surface area contributed by atoms with Crippen LogP contribution in [0.2, 0.25) is 0 Å². The van der Waals surface area contributed by atoms with E-state index in [0.29, 0.717) is 32.0 Å². The van der Waals surface area contributed by atoms with Crippen LogP contribution in [-0.4, -0.2) is 42.0 Å². The highest BCUT2D eigenvalue weighted by molar-refractivity contribution is 5.81. The van der Waals surface area contributed by atoms with Crippen molar-refractivity contribution in [1.82, 2.24) is 9.88 Å². The largest absolute Gasteiger partial charge is 0.416 e. The van der Waals surface area contributed by atoms with Crippen LogP contribution in [0.1, 0.15) is 18.4 Å². The molecule has 0 N–H and O–H groups in total. The maximum Gasteiger partial charge on any atom is 0.416 e. The van der Waals surface area contributed by atoms with E-state index < -0.39 is 11.7 Å². The van der Waals surface area contributed by atoms with Crippen LogP contribution >= 0.6 is 0 Å². The Kier molecular flexibility index (Phi) is 3.51. The summed E-state index contributed by atoms with van der Waals surface area (Å²) in [7, 11) is 0. The third kappa shape index (κ3) is 3.11. The van der Waals surface area contributed by atoms with Crippen molar-refractivity contribution in [2.75, 3.05) is 31.1 Å². The molecule has 1 aromatic rings. The van der Waals surface area contributed by atoms with Gasteiger partial charge in [-0.2, -0.15) is 13.2 Å². The van der Waals surface area contributed by atoms with Gasteiger partial charge in [0, 0.05) is 38.3 Å². The molecule has 114 valence electrons. The lowest BCUT2D eigenvalue weighted by molar-refractivity contribution is -0.137. The van der Waals surface area contributed by atoms with E-state index in [0.717, 1.165) is 25.0 Å². The minimum absolute atomic E-state index is 0.184. The summed E-state index contributed by atoms with van der Waals surface area (Å²) in [5.74, 6) is 0.693. The zero-order chi connectivity index (χ0) is 15.0. The van der Waals surface area contributed by atoms with Gasteiger partial charge < -0.3 is 9.80 Å². The molecule has 7 heteroatoms. The van der Waals surface area contributed by atoms with E-state index in [2.05, 4.69) is 4.98 Å². The fourth-order valence-electron chi connectivity index (χ4n) is 2.51. The number of carbonyl (C=O) groups is 1. The van der Waals surface area contributed by atoms with Crippen molar-refractivity contribution in [3.8, 4) is 0 Å². The topological polar surface area (TPSA) is 36.4 Å². The van der Waals surface area contributed by atoms with Gasteiger partial charge in [-0.3, -0.25) is 4.79 Å². The number of rotatable bonds is 2. The summed E-state index contributed by atoms with van der Waals surface area (Å²) in [4.78, 5) is 19.6. The number of nitrogens with zero attached hydrogens (tertiary/aromatic N) is 3. The Morgan fingerprint density at radius 3 is 2.43 bits per heavy atom. The van der Waals surface area contributed by atoms with Crippen LogP contribution in [0.3, 0.4) is 0 Å². The Morgan fingerprint density at radius 2 is 1.86 bits per heavy atom. The molecule has 4 nitrogen and oxygen atoms in total. The van der Waals surface area contributed by atoms with E-state index in [1.807, 2.05) is 4.90 Å². The summed E-state index contributed by atoms with van der Waals surface area (Å²) < 4.78 is 38.1. The predicted octanol–water partition coefficient (Wildman–Crippen LogP) is 2.16. The van der Waals surface area contributed by atoms with Gasteiger partial charge >= 0.3 is 6.18 Å². The smallest absolute Gasteiger partial charge is 0.353 e. The van der Waals surface area contributed by atoms with Gasteiger partial charge in [0.1, 0.15) is 5.82 Å². The molecule has 1 saturated heterocycles. The summed E-state index contributed by atoms with van der Waals surface area (Å²) in [5.41, 5.74) is -0.691. The Hall–Kier alpha value is -1.79. The minimum Gasteiger partial charge on any atom is -0.353 e. The first kappa shape index (κ1) is 14.2. The number of anilines is 1. The maximum absolute atomic E-state index is 12.7. The Bertz CT molecular complexity index is 535. The van der Waals surface area contributed by atoms with E-state index in [9.17, 15) is 18.0 Å². The summed E-state index contributed by atoms with van der Waals surface area (Å²) in [6.45, 7) is 2.14. The van der Waals surface area contributed by atoms with Gasteiger partial charge in [-0.15, -0.1) is 0 Å². The number of piperazine rings is 1. The standard InChI is InChI=1S/C14H16F3N3O/c15-14(16,17)11-3-4-18-12(9-11)19-5-7-20(8-6-19)13(21)10-1-2-10/h3-4,9-10H,1-2,5-8H2. The van der Waals surface area contributed by atoms with Gasteiger partial charge in [0.2, 0.25) is 5.91 Å². The third-order valence-electron chi connectivity index (χ3n) is 3.91. The quantitative estimate of drug-likeness (QED) is 0.839. The number of halogens is 3. The molecule has 1 aliphatic heterocycles. The molecule has 0 aromatic carbocycles. The number of aromatic nitrogens is 1. The van der Waals surface area contributed by atoms with Crippen molar-refractivity contribution < 1.29 is 18.0 Å². The van der Waals surface area contributed by atoms with Crippen LogP contribution < -0.4 is 4.90 Å². The lowest BCUT2D eigenvalue weighted by Gasteiger charge is -2.35. The van der Waals surface area contributed by atoms with E-state index >= 15 is 0 Å². The van der Waals surface area contributed by atoms with E-state index in [1.165, 1.54) is 6.20 Å². The average Bonchev–Trinajstić information content (AvgIpc) is 3.31. The SMILES string of the molecule is O=C(C1CC1)N1CCN(c2cc(C(F)(F)F)ccn2)CC1. The highest BCUT2D eigenvalue weighted by Crippen LogP contribution is 2.32. The van der Waals surface area contributed by atoms with Crippen molar-refractivity contribution in [3.63, 3.8) is 0 Å². The zero-order valence-corrected chi connectivity index (χ0v) is 11.4. The number of alkyl halides is 3. The van der Waals surface area contributed by atoms with Gasteiger partial charge in [0.25, 0.3) is 0 Å². The van der Waals surface area contributed by atoms with Gasteiger partial charge in [0.05, 0.1) is 5.56 Å². The summed E-state index contributed by atoms with van der Waals surface area (Å²) in [6.07, 6.45) is -1.25. The monoisotopic (exact) mass is 299 g/mol. The minimum atomic E-state index is -4.36. The molecule has 3 rings (SSSR count). The Balaban J connectivity index is 1.65. The number of pyridine rings is 1.